The third-order valence-electron chi connectivity index (χ3n) is 4.76. The lowest BCUT2D eigenvalue weighted by Crippen LogP contribution is -2.40. The molecule has 0 unspecified atom stereocenters. The summed E-state index contributed by atoms with van der Waals surface area (Å²) >= 11 is 1.29. The third kappa shape index (κ3) is 8.07. The van der Waals surface area contributed by atoms with Crippen LogP contribution in [0.5, 0.6) is 0 Å². The molecule has 1 aromatic heterocycles. The molecular formula is C24H30N4O6S3. The van der Waals surface area contributed by atoms with Crippen LogP contribution >= 0.6 is 11.3 Å². The number of aromatic nitrogens is 1. The molecule has 2 aromatic carbocycles. The smallest absolute Gasteiger partial charge is 0.241 e. The first-order valence-corrected chi connectivity index (χ1v) is 15.2. The van der Waals surface area contributed by atoms with E-state index in [2.05, 4.69) is 19.7 Å². The Hall–Kier alpha value is -2.84. The molecule has 0 aliphatic carbocycles. The van der Waals surface area contributed by atoms with Crippen LogP contribution in [0.3, 0.4) is 0 Å². The SMILES string of the molecule is COCCS(=O)(=O)Nc1ccc(-c2ncc(-c3ccc(NC(C)=O)cc3S(=O)(=O)NC(C)(C)C)s2)cc1. The van der Waals surface area contributed by atoms with Crippen molar-refractivity contribution in [2.45, 2.75) is 38.1 Å². The normalized spacial score (nSPS) is 12.4. The fraction of sp³-hybridized carbons (Fsp3) is 0.333. The van der Waals surface area contributed by atoms with Crippen molar-refractivity contribution < 1.29 is 26.4 Å². The molecule has 0 spiro atoms. The molecule has 0 fully saturated rings. The van der Waals surface area contributed by atoms with Gasteiger partial charge in [-0.05, 0) is 57.2 Å². The predicted octanol–water partition coefficient (Wildman–Crippen LogP) is 3.90. The molecule has 10 nitrogen and oxygen atoms in total. The van der Waals surface area contributed by atoms with Crippen LogP contribution in [-0.2, 0) is 29.6 Å². The van der Waals surface area contributed by atoms with E-state index in [1.807, 2.05) is 0 Å². The topological polar surface area (TPSA) is 144 Å². The van der Waals surface area contributed by atoms with E-state index in [9.17, 15) is 21.6 Å². The second kappa shape index (κ2) is 11.3. The van der Waals surface area contributed by atoms with Gasteiger partial charge in [-0.2, -0.15) is 0 Å². The second-order valence-electron chi connectivity index (χ2n) is 9.27. The van der Waals surface area contributed by atoms with Gasteiger partial charge < -0.3 is 10.1 Å². The van der Waals surface area contributed by atoms with E-state index in [0.717, 1.165) is 5.56 Å². The van der Waals surface area contributed by atoms with Crippen molar-refractivity contribution in [2.75, 3.05) is 29.5 Å². The van der Waals surface area contributed by atoms with E-state index in [0.29, 0.717) is 26.8 Å². The van der Waals surface area contributed by atoms with E-state index >= 15 is 0 Å². The molecule has 0 radical (unpaired) electrons. The van der Waals surface area contributed by atoms with Gasteiger partial charge >= 0.3 is 0 Å². The summed E-state index contributed by atoms with van der Waals surface area (Å²) in [4.78, 5) is 16.6. The number of carbonyl (C=O) groups excluding carboxylic acids is 1. The van der Waals surface area contributed by atoms with E-state index < -0.39 is 25.6 Å². The third-order valence-corrected chi connectivity index (χ3v) is 8.89. The van der Waals surface area contributed by atoms with Gasteiger partial charge in [0.15, 0.2) is 0 Å². The monoisotopic (exact) mass is 566 g/mol. The first kappa shape index (κ1) is 28.7. The van der Waals surface area contributed by atoms with Crippen molar-refractivity contribution in [3.8, 4) is 21.0 Å². The molecule has 1 heterocycles. The lowest BCUT2D eigenvalue weighted by atomic mass is 10.1. The van der Waals surface area contributed by atoms with Crippen molar-refractivity contribution >= 4 is 48.7 Å². The van der Waals surface area contributed by atoms with E-state index in [4.69, 9.17) is 4.74 Å². The van der Waals surface area contributed by atoms with Crippen molar-refractivity contribution in [2.24, 2.45) is 0 Å². The lowest BCUT2D eigenvalue weighted by molar-refractivity contribution is -0.114. The van der Waals surface area contributed by atoms with E-state index in [-0.39, 0.29) is 23.2 Å². The highest BCUT2D eigenvalue weighted by Crippen LogP contribution is 2.37. The molecule has 200 valence electrons. The summed E-state index contributed by atoms with van der Waals surface area (Å²) in [6.45, 7) is 6.67. The molecule has 37 heavy (non-hydrogen) atoms. The largest absolute Gasteiger partial charge is 0.384 e. The van der Waals surface area contributed by atoms with Gasteiger partial charge in [-0.15, -0.1) is 11.3 Å². The average molecular weight is 567 g/mol. The van der Waals surface area contributed by atoms with Crippen molar-refractivity contribution in [1.29, 1.82) is 0 Å². The average Bonchev–Trinajstić information content (AvgIpc) is 3.26. The highest BCUT2D eigenvalue weighted by molar-refractivity contribution is 7.92. The van der Waals surface area contributed by atoms with Crippen molar-refractivity contribution in [1.82, 2.24) is 9.71 Å². The number of ether oxygens (including phenoxy) is 1. The van der Waals surface area contributed by atoms with E-state index in [1.165, 1.54) is 31.4 Å². The van der Waals surface area contributed by atoms with Gasteiger partial charge in [0, 0.05) is 48.3 Å². The molecule has 0 bridgehead atoms. The highest BCUT2D eigenvalue weighted by atomic mass is 32.2. The van der Waals surface area contributed by atoms with Crippen LogP contribution in [-0.4, -0.2) is 52.7 Å². The molecule has 1 amide bonds. The molecule has 0 saturated heterocycles. The summed E-state index contributed by atoms with van der Waals surface area (Å²) in [6, 6.07) is 11.4. The van der Waals surface area contributed by atoms with Crippen LogP contribution < -0.4 is 14.8 Å². The molecule has 0 saturated carbocycles. The van der Waals surface area contributed by atoms with Gasteiger partial charge in [0.05, 0.1) is 22.1 Å². The van der Waals surface area contributed by atoms with Crippen LogP contribution in [0.1, 0.15) is 27.7 Å². The number of nitrogens with zero attached hydrogens (tertiary/aromatic N) is 1. The lowest BCUT2D eigenvalue weighted by Gasteiger charge is -2.22. The molecule has 0 aliphatic heterocycles. The number of carbonyl (C=O) groups is 1. The van der Waals surface area contributed by atoms with E-state index in [1.54, 1.807) is 63.4 Å². The standard InChI is InChI=1S/C24H30N4O6S3/c1-16(29)26-19-10-11-20(22(14-19)37(32,33)28-24(2,3)4)21-15-25-23(35-21)17-6-8-18(9-7-17)27-36(30,31)13-12-34-5/h6-11,14-15,27-28H,12-13H2,1-5H3,(H,26,29). The molecule has 3 N–H and O–H groups in total. The molecular weight excluding hydrogens is 536 g/mol. The maximum Gasteiger partial charge on any atom is 0.241 e. The fourth-order valence-corrected chi connectivity index (χ4v) is 7.00. The Balaban J connectivity index is 1.94. The number of sulfonamides is 2. The van der Waals surface area contributed by atoms with Gasteiger partial charge in [0.25, 0.3) is 0 Å². The number of thiazole rings is 1. The Labute approximate surface area is 221 Å². The van der Waals surface area contributed by atoms with Crippen molar-refractivity contribution in [3.05, 3.63) is 48.7 Å². The predicted molar refractivity (Wildman–Crippen MR) is 147 cm³/mol. The van der Waals surface area contributed by atoms with Gasteiger partial charge in [-0.3, -0.25) is 9.52 Å². The van der Waals surface area contributed by atoms with Crippen LogP contribution in [0.2, 0.25) is 0 Å². The number of amides is 1. The maximum absolute atomic E-state index is 13.3. The summed E-state index contributed by atoms with van der Waals surface area (Å²) in [5.74, 6) is -0.471. The summed E-state index contributed by atoms with van der Waals surface area (Å²) in [6.07, 6.45) is 1.59. The highest BCUT2D eigenvalue weighted by Gasteiger charge is 2.26. The number of nitrogens with one attached hydrogen (secondary N) is 3. The van der Waals surface area contributed by atoms with Crippen molar-refractivity contribution in [3.63, 3.8) is 0 Å². The number of rotatable bonds is 10. The Morgan fingerprint density at radius 3 is 2.27 bits per heavy atom. The van der Waals surface area contributed by atoms with Gasteiger partial charge in [0.1, 0.15) is 5.01 Å². The number of hydrogen-bond donors (Lipinski definition) is 3. The summed E-state index contributed by atoms with van der Waals surface area (Å²) in [7, 11) is -6.03. The summed E-state index contributed by atoms with van der Waals surface area (Å²) in [5.41, 5.74) is 1.23. The maximum atomic E-state index is 13.3. The van der Waals surface area contributed by atoms with Crippen LogP contribution in [0.4, 0.5) is 11.4 Å². The van der Waals surface area contributed by atoms with Crippen LogP contribution in [0.25, 0.3) is 21.0 Å². The number of benzene rings is 2. The Kier molecular flexibility index (Phi) is 8.75. The fourth-order valence-electron chi connectivity index (χ4n) is 3.32. The summed E-state index contributed by atoms with van der Waals surface area (Å²) in [5, 5.41) is 3.25. The first-order valence-electron chi connectivity index (χ1n) is 11.2. The first-order chi connectivity index (χ1) is 17.2. The Morgan fingerprint density at radius 2 is 1.68 bits per heavy atom. The molecule has 0 aliphatic rings. The van der Waals surface area contributed by atoms with Crippen LogP contribution in [0.15, 0.2) is 53.6 Å². The molecule has 3 rings (SSSR count). The number of methoxy groups -OCH3 is 1. The number of anilines is 2. The zero-order chi connectivity index (χ0) is 27.4. The van der Waals surface area contributed by atoms with Gasteiger partial charge in [-0.25, -0.2) is 26.5 Å². The molecule has 0 atom stereocenters. The Bertz CT molecular complexity index is 1480. The minimum Gasteiger partial charge on any atom is -0.384 e. The Morgan fingerprint density at radius 1 is 1.03 bits per heavy atom. The number of hydrogen-bond acceptors (Lipinski definition) is 8. The quantitative estimate of drug-likeness (QED) is 0.338. The van der Waals surface area contributed by atoms with Crippen LogP contribution in [0, 0.1) is 0 Å². The molecule has 13 heteroatoms. The van der Waals surface area contributed by atoms with Gasteiger partial charge in [0.2, 0.25) is 26.0 Å². The minimum atomic E-state index is -3.94. The van der Waals surface area contributed by atoms with Gasteiger partial charge in [-0.1, -0.05) is 6.07 Å². The zero-order valence-corrected chi connectivity index (χ0v) is 23.6. The summed E-state index contributed by atoms with van der Waals surface area (Å²) < 4.78 is 60.7. The molecule has 3 aromatic rings. The minimum absolute atomic E-state index is 0.0182. The zero-order valence-electron chi connectivity index (χ0n) is 21.2. The second-order valence-corrected chi connectivity index (χ2v) is 13.8.